The van der Waals surface area contributed by atoms with Gasteiger partial charge in [-0.2, -0.15) is 0 Å². The van der Waals surface area contributed by atoms with Crippen LogP contribution in [-0.2, 0) is 10.0 Å². The van der Waals surface area contributed by atoms with Crippen molar-refractivity contribution in [1.29, 1.82) is 0 Å². The second-order valence-electron chi connectivity index (χ2n) is 4.73. The third kappa shape index (κ3) is 5.10. The van der Waals surface area contributed by atoms with Crippen molar-refractivity contribution < 1.29 is 8.42 Å². The Kier molecular flexibility index (Phi) is 7.59. The molecule has 1 rings (SSSR count). The molecule has 0 bridgehead atoms. The second-order valence-corrected chi connectivity index (χ2v) is 6.47. The SMILES string of the molecule is CNC(C)CNS(=O)(=O)c1ccccc1C(C)C.Cl. The van der Waals surface area contributed by atoms with Crippen LogP contribution < -0.4 is 10.0 Å². The van der Waals surface area contributed by atoms with Gasteiger partial charge in [-0.1, -0.05) is 32.0 Å². The van der Waals surface area contributed by atoms with Crippen LogP contribution in [0.4, 0.5) is 0 Å². The predicted octanol–water partition coefficient (Wildman–Crippen LogP) is 2.12. The molecule has 110 valence electrons. The minimum atomic E-state index is -3.43. The molecule has 0 saturated carbocycles. The molecule has 0 aromatic heterocycles. The van der Waals surface area contributed by atoms with E-state index in [1.807, 2.05) is 32.9 Å². The Morgan fingerprint density at radius 3 is 2.26 bits per heavy atom. The summed E-state index contributed by atoms with van der Waals surface area (Å²) in [6, 6.07) is 7.24. The monoisotopic (exact) mass is 306 g/mol. The summed E-state index contributed by atoms with van der Waals surface area (Å²) >= 11 is 0. The van der Waals surface area contributed by atoms with E-state index in [2.05, 4.69) is 10.0 Å². The lowest BCUT2D eigenvalue weighted by molar-refractivity contribution is 0.553. The molecule has 1 aromatic carbocycles. The lowest BCUT2D eigenvalue weighted by Crippen LogP contribution is -2.37. The first-order chi connectivity index (χ1) is 8.38. The molecule has 0 saturated heterocycles. The lowest BCUT2D eigenvalue weighted by atomic mass is 10.0. The topological polar surface area (TPSA) is 58.2 Å². The number of halogens is 1. The van der Waals surface area contributed by atoms with Gasteiger partial charge in [-0.25, -0.2) is 13.1 Å². The van der Waals surface area contributed by atoms with Gasteiger partial charge in [0, 0.05) is 12.6 Å². The Morgan fingerprint density at radius 2 is 1.74 bits per heavy atom. The van der Waals surface area contributed by atoms with Gasteiger partial charge < -0.3 is 5.32 Å². The van der Waals surface area contributed by atoms with Crippen molar-refractivity contribution in [2.24, 2.45) is 0 Å². The van der Waals surface area contributed by atoms with E-state index in [1.54, 1.807) is 19.2 Å². The van der Waals surface area contributed by atoms with Gasteiger partial charge in [-0.05, 0) is 31.5 Å². The van der Waals surface area contributed by atoms with E-state index >= 15 is 0 Å². The first-order valence-corrected chi connectivity index (χ1v) is 7.62. The van der Waals surface area contributed by atoms with Gasteiger partial charge in [0.2, 0.25) is 10.0 Å². The van der Waals surface area contributed by atoms with Crippen molar-refractivity contribution in [1.82, 2.24) is 10.0 Å². The van der Waals surface area contributed by atoms with E-state index in [0.29, 0.717) is 11.4 Å². The van der Waals surface area contributed by atoms with E-state index in [0.717, 1.165) is 5.56 Å². The smallest absolute Gasteiger partial charge is 0.240 e. The number of hydrogen-bond donors (Lipinski definition) is 2. The molecule has 6 heteroatoms. The minimum absolute atomic E-state index is 0. The highest BCUT2D eigenvalue weighted by Gasteiger charge is 2.19. The summed E-state index contributed by atoms with van der Waals surface area (Å²) < 4.78 is 27.1. The zero-order chi connectivity index (χ0) is 13.8. The van der Waals surface area contributed by atoms with Crippen molar-refractivity contribution in [3.8, 4) is 0 Å². The average Bonchev–Trinajstić information content (AvgIpc) is 2.36. The molecular formula is C13H23ClN2O2S. The fraction of sp³-hybridized carbons (Fsp3) is 0.538. The molecule has 1 aromatic rings. The Morgan fingerprint density at radius 1 is 1.16 bits per heavy atom. The van der Waals surface area contributed by atoms with Gasteiger partial charge in [-0.15, -0.1) is 12.4 Å². The predicted molar refractivity (Wildman–Crippen MR) is 81.5 cm³/mol. The zero-order valence-corrected chi connectivity index (χ0v) is 13.4. The molecule has 4 nitrogen and oxygen atoms in total. The van der Waals surface area contributed by atoms with Crippen LogP contribution in [0.2, 0.25) is 0 Å². The summed E-state index contributed by atoms with van der Waals surface area (Å²) in [7, 11) is -1.62. The molecule has 0 radical (unpaired) electrons. The van der Waals surface area contributed by atoms with Crippen LogP contribution in [0.25, 0.3) is 0 Å². The number of rotatable bonds is 6. The van der Waals surface area contributed by atoms with Crippen LogP contribution in [0, 0.1) is 0 Å². The van der Waals surface area contributed by atoms with Crippen LogP contribution >= 0.6 is 12.4 Å². The highest BCUT2D eigenvalue weighted by molar-refractivity contribution is 7.89. The van der Waals surface area contributed by atoms with Crippen LogP contribution in [0.5, 0.6) is 0 Å². The normalized spacial score (nSPS) is 13.1. The summed E-state index contributed by atoms with van der Waals surface area (Å²) in [6.07, 6.45) is 0. The fourth-order valence-corrected chi connectivity index (χ4v) is 3.11. The number of nitrogens with one attached hydrogen (secondary N) is 2. The van der Waals surface area contributed by atoms with Crippen molar-refractivity contribution >= 4 is 22.4 Å². The van der Waals surface area contributed by atoms with Crippen LogP contribution in [0.3, 0.4) is 0 Å². The highest BCUT2D eigenvalue weighted by Crippen LogP contribution is 2.22. The summed E-state index contributed by atoms with van der Waals surface area (Å²) in [4.78, 5) is 0.378. The lowest BCUT2D eigenvalue weighted by Gasteiger charge is -2.15. The van der Waals surface area contributed by atoms with Crippen LogP contribution in [-0.4, -0.2) is 28.1 Å². The van der Waals surface area contributed by atoms with Crippen molar-refractivity contribution in [3.05, 3.63) is 29.8 Å². The number of hydrogen-bond acceptors (Lipinski definition) is 3. The van der Waals surface area contributed by atoms with E-state index in [9.17, 15) is 8.42 Å². The molecule has 19 heavy (non-hydrogen) atoms. The van der Waals surface area contributed by atoms with E-state index in [-0.39, 0.29) is 24.4 Å². The third-order valence-corrected chi connectivity index (χ3v) is 4.40. The number of likely N-dealkylation sites (N-methyl/N-ethyl adjacent to an activating group) is 1. The molecule has 0 fully saturated rings. The standard InChI is InChI=1S/C13H22N2O2S.ClH/c1-10(2)12-7-5-6-8-13(12)18(16,17)15-9-11(3)14-4;/h5-8,10-11,14-15H,9H2,1-4H3;1H. The van der Waals surface area contributed by atoms with Gasteiger partial charge in [-0.3, -0.25) is 0 Å². The van der Waals surface area contributed by atoms with E-state index < -0.39 is 10.0 Å². The molecular weight excluding hydrogens is 284 g/mol. The minimum Gasteiger partial charge on any atom is -0.316 e. The number of benzene rings is 1. The van der Waals surface area contributed by atoms with Crippen molar-refractivity contribution in [2.75, 3.05) is 13.6 Å². The fourth-order valence-electron chi connectivity index (χ4n) is 1.62. The quantitative estimate of drug-likeness (QED) is 0.846. The third-order valence-electron chi connectivity index (χ3n) is 2.90. The van der Waals surface area contributed by atoms with Gasteiger partial charge in [0.15, 0.2) is 0 Å². The highest BCUT2D eigenvalue weighted by atomic mass is 35.5. The van der Waals surface area contributed by atoms with Gasteiger partial charge in [0.05, 0.1) is 4.90 Å². The molecule has 1 unspecified atom stereocenters. The van der Waals surface area contributed by atoms with Crippen LogP contribution in [0.15, 0.2) is 29.2 Å². The Labute approximate surface area is 122 Å². The molecule has 0 aliphatic heterocycles. The number of sulfonamides is 1. The molecule has 0 aliphatic rings. The maximum absolute atomic E-state index is 12.2. The maximum atomic E-state index is 12.2. The summed E-state index contributed by atoms with van der Waals surface area (Å²) in [5.41, 5.74) is 0.849. The molecule has 2 N–H and O–H groups in total. The van der Waals surface area contributed by atoms with Gasteiger partial charge in [0.25, 0.3) is 0 Å². The van der Waals surface area contributed by atoms with E-state index in [1.165, 1.54) is 0 Å². The molecule has 0 spiro atoms. The van der Waals surface area contributed by atoms with E-state index in [4.69, 9.17) is 0 Å². The first-order valence-electron chi connectivity index (χ1n) is 6.14. The Balaban J connectivity index is 0.00000324. The summed E-state index contributed by atoms with van der Waals surface area (Å²) in [5, 5.41) is 3.00. The molecule has 1 atom stereocenters. The molecule has 0 heterocycles. The van der Waals surface area contributed by atoms with Crippen molar-refractivity contribution in [2.45, 2.75) is 37.6 Å². The molecule has 0 aliphatic carbocycles. The summed E-state index contributed by atoms with van der Waals surface area (Å²) in [6.45, 7) is 6.29. The zero-order valence-electron chi connectivity index (χ0n) is 11.8. The first kappa shape index (κ1) is 18.4. The Hall–Kier alpha value is -0.620. The summed E-state index contributed by atoms with van der Waals surface area (Å²) in [5.74, 6) is 0.180. The molecule has 0 amide bonds. The maximum Gasteiger partial charge on any atom is 0.240 e. The largest absolute Gasteiger partial charge is 0.316 e. The van der Waals surface area contributed by atoms with Crippen molar-refractivity contribution in [3.63, 3.8) is 0 Å². The second kappa shape index (κ2) is 7.85. The Bertz CT molecular complexity index is 489. The van der Waals surface area contributed by atoms with Crippen LogP contribution in [0.1, 0.15) is 32.3 Å². The van der Waals surface area contributed by atoms with Gasteiger partial charge in [0.1, 0.15) is 0 Å². The average molecular weight is 307 g/mol. The van der Waals surface area contributed by atoms with Gasteiger partial charge >= 0.3 is 0 Å².